The molecular formula is C14H16N4O. The molecule has 1 aliphatic carbocycles. The number of benzene rings is 1. The predicted octanol–water partition coefficient (Wildman–Crippen LogP) is 1.71. The van der Waals surface area contributed by atoms with E-state index < -0.39 is 0 Å². The molecule has 1 unspecified atom stereocenters. The van der Waals surface area contributed by atoms with Crippen LogP contribution in [-0.4, -0.2) is 28.2 Å². The van der Waals surface area contributed by atoms with Gasteiger partial charge in [-0.3, -0.25) is 4.79 Å². The molecule has 1 aromatic heterocycles. The Bertz CT molecular complexity index is 604. The summed E-state index contributed by atoms with van der Waals surface area (Å²) in [5.41, 5.74) is 0. The summed E-state index contributed by atoms with van der Waals surface area (Å²) in [5.74, 6) is 0.661. The molecule has 5 nitrogen and oxygen atoms in total. The van der Waals surface area contributed by atoms with Crippen LogP contribution in [0.2, 0.25) is 0 Å². The van der Waals surface area contributed by atoms with Gasteiger partial charge in [0.25, 0.3) is 0 Å². The lowest BCUT2D eigenvalue weighted by atomic mass is 10.2. The summed E-state index contributed by atoms with van der Waals surface area (Å²) in [4.78, 5) is 11.9. The SMILES string of the molecule is CC(Nc1nncc2ccccc12)C(=O)NC1CC1. The monoisotopic (exact) mass is 256 g/mol. The third kappa shape index (κ3) is 2.65. The highest BCUT2D eigenvalue weighted by atomic mass is 16.2. The maximum absolute atomic E-state index is 11.9. The van der Waals surface area contributed by atoms with Gasteiger partial charge in [0.15, 0.2) is 5.82 Å². The van der Waals surface area contributed by atoms with Crippen LogP contribution in [0.1, 0.15) is 19.8 Å². The predicted molar refractivity (Wildman–Crippen MR) is 73.8 cm³/mol. The normalized spacial score (nSPS) is 16.1. The van der Waals surface area contributed by atoms with Gasteiger partial charge in [-0.15, -0.1) is 5.10 Å². The van der Waals surface area contributed by atoms with Crippen molar-refractivity contribution in [3.63, 3.8) is 0 Å². The number of carbonyl (C=O) groups is 1. The molecule has 1 fully saturated rings. The Balaban J connectivity index is 1.78. The van der Waals surface area contributed by atoms with Gasteiger partial charge >= 0.3 is 0 Å². The van der Waals surface area contributed by atoms with Crippen molar-refractivity contribution >= 4 is 22.5 Å². The first kappa shape index (κ1) is 11.9. The van der Waals surface area contributed by atoms with Gasteiger partial charge in [0.05, 0.1) is 6.20 Å². The van der Waals surface area contributed by atoms with Crippen LogP contribution < -0.4 is 10.6 Å². The van der Waals surface area contributed by atoms with Crippen LogP contribution in [0.25, 0.3) is 10.8 Å². The summed E-state index contributed by atoms with van der Waals surface area (Å²) < 4.78 is 0. The Morgan fingerprint density at radius 2 is 2.16 bits per heavy atom. The lowest BCUT2D eigenvalue weighted by molar-refractivity contribution is -0.121. The molecule has 1 atom stereocenters. The molecule has 2 N–H and O–H groups in total. The van der Waals surface area contributed by atoms with E-state index in [1.807, 2.05) is 31.2 Å². The fourth-order valence-electron chi connectivity index (χ4n) is 1.96. The van der Waals surface area contributed by atoms with Gasteiger partial charge in [-0.1, -0.05) is 24.3 Å². The number of fused-ring (bicyclic) bond motifs is 1. The fraction of sp³-hybridized carbons (Fsp3) is 0.357. The molecule has 5 heteroatoms. The van der Waals surface area contributed by atoms with E-state index in [2.05, 4.69) is 20.8 Å². The average Bonchev–Trinajstić information content (AvgIpc) is 3.23. The van der Waals surface area contributed by atoms with Gasteiger partial charge in [-0.25, -0.2) is 0 Å². The van der Waals surface area contributed by atoms with Gasteiger partial charge < -0.3 is 10.6 Å². The smallest absolute Gasteiger partial charge is 0.242 e. The van der Waals surface area contributed by atoms with Crippen LogP contribution in [0.5, 0.6) is 0 Å². The number of rotatable bonds is 4. The molecule has 1 amide bonds. The second-order valence-electron chi connectivity index (χ2n) is 4.93. The molecule has 0 saturated heterocycles. The van der Waals surface area contributed by atoms with Crippen molar-refractivity contribution in [2.45, 2.75) is 31.8 Å². The standard InChI is InChI=1S/C14H16N4O/c1-9(14(19)17-11-6-7-11)16-13-12-5-3-2-4-10(12)8-15-18-13/h2-5,8-9,11H,6-7H2,1H3,(H,16,18)(H,17,19). The number of hydrogen-bond acceptors (Lipinski definition) is 4. The van der Waals surface area contributed by atoms with E-state index >= 15 is 0 Å². The molecule has 0 bridgehead atoms. The summed E-state index contributed by atoms with van der Waals surface area (Å²) >= 11 is 0. The van der Waals surface area contributed by atoms with Crippen LogP contribution in [0.15, 0.2) is 30.5 Å². The highest BCUT2D eigenvalue weighted by Crippen LogP contribution is 2.21. The summed E-state index contributed by atoms with van der Waals surface area (Å²) in [6.07, 6.45) is 3.90. The fourth-order valence-corrected chi connectivity index (χ4v) is 1.96. The maximum atomic E-state index is 11.9. The van der Waals surface area contributed by atoms with Gasteiger partial charge in [-0.05, 0) is 19.8 Å². The third-order valence-electron chi connectivity index (χ3n) is 3.24. The summed E-state index contributed by atoms with van der Waals surface area (Å²) in [6, 6.07) is 7.90. The first-order valence-corrected chi connectivity index (χ1v) is 6.51. The van der Waals surface area contributed by atoms with Gasteiger partial charge in [-0.2, -0.15) is 5.10 Å². The average molecular weight is 256 g/mol. The molecular weight excluding hydrogens is 240 g/mol. The van der Waals surface area contributed by atoms with E-state index in [1.165, 1.54) is 0 Å². The minimum Gasteiger partial charge on any atom is -0.357 e. The van der Waals surface area contributed by atoms with Crippen molar-refractivity contribution in [2.75, 3.05) is 5.32 Å². The zero-order chi connectivity index (χ0) is 13.2. The first-order chi connectivity index (χ1) is 9.24. The lowest BCUT2D eigenvalue weighted by Crippen LogP contribution is -2.38. The number of amides is 1. The minimum absolute atomic E-state index is 0.0113. The molecule has 1 heterocycles. The largest absolute Gasteiger partial charge is 0.357 e. The summed E-state index contributed by atoms with van der Waals surface area (Å²) in [7, 11) is 0. The van der Waals surface area contributed by atoms with Crippen molar-refractivity contribution in [1.82, 2.24) is 15.5 Å². The minimum atomic E-state index is -0.319. The zero-order valence-electron chi connectivity index (χ0n) is 10.8. The zero-order valence-corrected chi connectivity index (χ0v) is 10.8. The first-order valence-electron chi connectivity index (χ1n) is 6.51. The number of carbonyl (C=O) groups excluding carboxylic acids is 1. The Labute approximate surface area is 111 Å². The van der Waals surface area contributed by atoms with Crippen molar-refractivity contribution in [1.29, 1.82) is 0 Å². The number of aromatic nitrogens is 2. The van der Waals surface area contributed by atoms with Crippen molar-refractivity contribution in [3.8, 4) is 0 Å². The Hall–Kier alpha value is -2.17. The Kier molecular flexibility index (Phi) is 3.03. The Morgan fingerprint density at radius 3 is 2.95 bits per heavy atom. The van der Waals surface area contributed by atoms with E-state index in [0.29, 0.717) is 11.9 Å². The van der Waals surface area contributed by atoms with Crippen molar-refractivity contribution < 1.29 is 4.79 Å². The third-order valence-corrected chi connectivity index (χ3v) is 3.24. The lowest BCUT2D eigenvalue weighted by Gasteiger charge is -2.15. The van der Waals surface area contributed by atoms with Crippen molar-refractivity contribution in [2.24, 2.45) is 0 Å². The van der Waals surface area contributed by atoms with E-state index in [-0.39, 0.29) is 11.9 Å². The quantitative estimate of drug-likeness (QED) is 0.874. The topological polar surface area (TPSA) is 66.9 Å². The second kappa shape index (κ2) is 4.84. The molecule has 3 rings (SSSR count). The van der Waals surface area contributed by atoms with Gasteiger partial charge in [0.2, 0.25) is 5.91 Å². The van der Waals surface area contributed by atoms with Crippen LogP contribution in [-0.2, 0) is 4.79 Å². The second-order valence-corrected chi connectivity index (χ2v) is 4.93. The molecule has 0 radical (unpaired) electrons. The highest BCUT2D eigenvalue weighted by Gasteiger charge is 2.25. The van der Waals surface area contributed by atoms with E-state index in [1.54, 1.807) is 6.20 Å². The van der Waals surface area contributed by atoms with Crippen LogP contribution in [0.3, 0.4) is 0 Å². The number of hydrogen-bond donors (Lipinski definition) is 2. The summed E-state index contributed by atoms with van der Waals surface area (Å²) in [5, 5.41) is 16.1. The van der Waals surface area contributed by atoms with E-state index in [4.69, 9.17) is 0 Å². The van der Waals surface area contributed by atoms with Crippen LogP contribution >= 0.6 is 0 Å². The number of nitrogens with one attached hydrogen (secondary N) is 2. The molecule has 1 aromatic carbocycles. The molecule has 0 spiro atoms. The van der Waals surface area contributed by atoms with Gasteiger partial charge in [0, 0.05) is 16.8 Å². The van der Waals surface area contributed by atoms with Crippen LogP contribution in [0.4, 0.5) is 5.82 Å². The number of nitrogens with zero attached hydrogens (tertiary/aromatic N) is 2. The molecule has 1 saturated carbocycles. The molecule has 19 heavy (non-hydrogen) atoms. The molecule has 0 aliphatic heterocycles. The summed E-state index contributed by atoms with van der Waals surface area (Å²) in [6.45, 7) is 1.83. The van der Waals surface area contributed by atoms with Gasteiger partial charge in [0.1, 0.15) is 6.04 Å². The molecule has 1 aliphatic rings. The molecule has 98 valence electrons. The maximum Gasteiger partial charge on any atom is 0.242 e. The molecule has 2 aromatic rings. The van der Waals surface area contributed by atoms with E-state index in [9.17, 15) is 4.79 Å². The Morgan fingerprint density at radius 1 is 1.37 bits per heavy atom. The van der Waals surface area contributed by atoms with Crippen molar-refractivity contribution in [3.05, 3.63) is 30.5 Å². The number of anilines is 1. The highest BCUT2D eigenvalue weighted by molar-refractivity contribution is 5.93. The van der Waals surface area contributed by atoms with Crippen LogP contribution in [0, 0.1) is 0 Å². The van der Waals surface area contributed by atoms with E-state index in [0.717, 1.165) is 23.6 Å².